The summed E-state index contributed by atoms with van der Waals surface area (Å²) in [5.74, 6) is -1.83. The zero-order valence-electron chi connectivity index (χ0n) is 18.6. The summed E-state index contributed by atoms with van der Waals surface area (Å²) < 4.78 is 69.8. The van der Waals surface area contributed by atoms with Gasteiger partial charge in [0.05, 0.1) is 6.04 Å². The molecule has 1 heterocycles. The SMILES string of the molecule is NC(N)=NCCC[C@@H](C=O)NC(=O)Cn1cccc(NS(=O)(=O)c2ccccc2OC(F)(F)F)c1=O. The number of para-hydroxylation sites is 1. The fourth-order valence-electron chi connectivity index (χ4n) is 2.92. The number of hydrogen-bond donors (Lipinski definition) is 4. The van der Waals surface area contributed by atoms with Gasteiger partial charge in [-0.2, -0.15) is 0 Å². The second-order valence-electron chi connectivity index (χ2n) is 7.21. The average molecular weight is 533 g/mol. The number of hydrogen-bond acceptors (Lipinski definition) is 7. The van der Waals surface area contributed by atoms with Gasteiger partial charge in [-0.3, -0.25) is 19.3 Å². The fourth-order valence-corrected chi connectivity index (χ4v) is 4.11. The van der Waals surface area contributed by atoms with E-state index in [0.717, 1.165) is 28.8 Å². The van der Waals surface area contributed by atoms with Crippen LogP contribution in [0.1, 0.15) is 12.8 Å². The molecule has 0 saturated carbocycles. The van der Waals surface area contributed by atoms with Crippen LogP contribution >= 0.6 is 0 Å². The van der Waals surface area contributed by atoms with Gasteiger partial charge in [-0.25, -0.2) is 8.42 Å². The predicted molar refractivity (Wildman–Crippen MR) is 123 cm³/mol. The Hall–Kier alpha value is -4.08. The van der Waals surface area contributed by atoms with Crippen LogP contribution in [0.4, 0.5) is 18.9 Å². The number of guanidine groups is 1. The highest BCUT2D eigenvalue weighted by atomic mass is 32.2. The molecule has 1 aromatic heterocycles. The van der Waals surface area contributed by atoms with Crippen molar-refractivity contribution in [3.63, 3.8) is 0 Å². The summed E-state index contributed by atoms with van der Waals surface area (Å²) in [6.45, 7) is -0.332. The highest BCUT2D eigenvalue weighted by molar-refractivity contribution is 7.92. The monoisotopic (exact) mass is 532 g/mol. The van der Waals surface area contributed by atoms with E-state index in [1.165, 1.54) is 18.3 Å². The van der Waals surface area contributed by atoms with Gasteiger partial charge < -0.3 is 30.9 Å². The van der Waals surface area contributed by atoms with Crippen LogP contribution in [0.5, 0.6) is 5.75 Å². The Bertz CT molecular complexity index is 1280. The first-order chi connectivity index (χ1) is 16.8. The Morgan fingerprint density at radius 2 is 1.89 bits per heavy atom. The molecule has 0 aliphatic carbocycles. The number of benzene rings is 1. The third kappa shape index (κ3) is 8.61. The molecule has 2 rings (SSSR count). The number of aldehydes is 1. The van der Waals surface area contributed by atoms with E-state index in [1.807, 2.05) is 4.72 Å². The van der Waals surface area contributed by atoms with Gasteiger partial charge in [0.25, 0.3) is 15.6 Å². The van der Waals surface area contributed by atoms with Crippen LogP contribution in [0.3, 0.4) is 0 Å². The molecule has 0 spiro atoms. The van der Waals surface area contributed by atoms with Crippen molar-refractivity contribution in [1.82, 2.24) is 9.88 Å². The second-order valence-corrected chi connectivity index (χ2v) is 8.86. The molecule has 0 fully saturated rings. The van der Waals surface area contributed by atoms with E-state index in [4.69, 9.17) is 11.5 Å². The molecule has 1 aromatic carbocycles. The van der Waals surface area contributed by atoms with Crippen LogP contribution in [0.15, 0.2) is 57.3 Å². The minimum absolute atomic E-state index is 0.118. The van der Waals surface area contributed by atoms with Crippen molar-refractivity contribution in [3.8, 4) is 5.75 Å². The summed E-state index contributed by atoms with van der Waals surface area (Å²) in [5, 5.41) is 2.41. The van der Waals surface area contributed by atoms with E-state index >= 15 is 0 Å². The topological polar surface area (TPSA) is 188 Å². The molecule has 0 aliphatic rings. The molecule has 1 amide bonds. The van der Waals surface area contributed by atoms with Crippen molar-refractivity contribution < 1.29 is 35.9 Å². The van der Waals surface area contributed by atoms with E-state index in [1.54, 1.807) is 0 Å². The number of ether oxygens (including phenoxy) is 1. The quantitative estimate of drug-likeness (QED) is 0.130. The maximum atomic E-state index is 12.7. The summed E-state index contributed by atoms with van der Waals surface area (Å²) in [4.78, 5) is 39.1. The van der Waals surface area contributed by atoms with Crippen molar-refractivity contribution in [2.24, 2.45) is 16.5 Å². The average Bonchev–Trinajstić information content (AvgIpc) is 2.77. The van der Waals surface area contributed by atoms with E-state index in [-0.39, 0.29) is 18.9 Å². The summed E-state index contributed by atoms with van der Waals surface area (Å²) in [7, 11) is -4.69. The molecule has 0 unspecified atom stereocenters. The largest absolute Gasteiger partial charge is 0.573 e. The molecule has 36 heavy (non-hydrogen) atoms. The van der Waals surface area contributed by atoms with E-state index in [9.17, 15) is 36.0 Å². The number of carbonyl (C=O) groups excluding carboxylic acids is 2. The highest BCUT2D eigenvalue weighted by Gasteiger charge is 2.34. The molecule has 0 radical (unpaired) electrons. The standard InChI is InChI=1S/C20H23F3N6O6S/c21-20(22,23)35-15-7-1-2-8-16(15)36(33,34)28-14-6-4-10-29(18(14)32)11-17(31)27-13(12-30)5-3-9-26-19(24)25/h1-2,4,6-8,10,12-13,28H,3,5,9,11H2,(H,27,31)(H4,24,25,26)/t13-/m0/s1. The van der Waals surface area contributed by atoms with Crippen molar-refractivity contribution in [1.29, 1.82) is 0 Å². The summed E-state index contributed by atoms with van der Waals surface area (Å²) in [5.41, 5.74) is 8.91. The number of aromatic nitrogens is 1. The van der Waals surface area contributed by atoms with Crippen LogP contribution in [0, 0.1) is 0 Å². The lowest BCUT2D eigenvalue weighted by Crippen LogP contribution is -2.40. The lowest BCUT2D eigenvalue weighted by molar-refractivity contribution is -0.275. The smallest absolute Gasteiger partial charge is 0.404 e. The van der Waals surface area contributed by atoms with Gasteiger partial charge in [0.15, 0.2) is 5.96 Å². The van der Waals surface area contributed by atoms with Gasteiger partial charge >= 0.3 is 6.36 Å². The molecule has 1 atom stereocenters. The van der Waals surface area contributed by atoms with E-state index in [0.29, 0.717) is 12.7 Å². The minimum atomic E-state index is -5.15. The molecule has 2 aromatic rings. The summed E-state index contributed by atoms with van der Waals surface area (Å²) in [6.07, 6.45) is -2.85. The number of nitrogens with one attached hydrogen (secondary N) is 2. The van der Waals surface area contributed by atoms with Crippen LogP contribution in [0.25, 0.3) is 0 Å². The molecule has 0 aliphatic heterocycles. The third-order valence-corrected chi connectivity index (χ3v) is 5.83. The van der Waals surface area contributed by atoms with E-state index in [2.05, 4.69) is 15.0 Å². The molecular formula is C20H23F3N6O6S. The number of rotatable bonds is 12. The van der Waals surface area contributed by atoms with Crippen LogP contribution in [-0.2, 0) is 26.2 Å². The Morgan fingerprint density at radius 1 is 1.19 bits per heavy atom. The Kier molecular flexibility index (Phi) is 9.43. The Morgan fingerprint density at radius 3 is 2.53 bits per heavy atom. The first-order valence-electron chi connectivity index (χ1n) is 10.2. The lowest BCUT2D eigenvalue weighted by Gasteiger charge is -2.15. The number of nitrogens with zero attached hydrogens (tertiary/aromatic N) is 2. The fraction of sp³-hybridized carbons (Fsp3) is 0.300. The maximum absolute atomic E-state index is 12.7. The Balaban J connectivity index is 2.15. The number of nitrogens with two attached hydrogens (primary N) is 2. The number of aliphatic imine (C=N–C) groups is 1. The van der Waals surface area contributed by atoms with Gasteiger partial charge in [0.1, 0.15) is 29.2 Å². The van der Waals surface area contributed by atoms with Gasteiger partial charge in [-0.15, -0.1) is 13.2 Å². The predicted octanol–water partition coefficient (Wildman–Crippen LogP) is 0.285. The molecule has 196 valence electrons. The number of pyridine rings is 1. The van der Waals surface area contributed by atoms with Crippen LogP contribution in [-0.4, -0.2) is 50.1 Å². The maximum Gasteiger partial charge on any atom is 0.573 e. The molecule has 16 heteroatoms. The lowest BCUT2D eigenvalue weighted by atomic mass is 10.2. The highest BCUT2D eigenvalue weighted by Crippen LogP contribution is 2.30. The van der Waals surface area contributed by atoms with Crippen LogP contribution in [0.2, 0.25) is 0 Å². The van der Waals surface area contributed by atoms with Crippen LogP contribution < -0.4 is 31.8 Å². The summed E-state index contributed by atoms with van der Waals surface area (Å²) in [6, 6.07) is 5.42. The minimum Gasteiger partial charge on any atom is -0.404 e. The number of anilines is 1. The van der Waals surface area contributed by atoms with Gasteiger partial charge in [0.2, 0.25) is 5.91 Å². The van der Waals surface area contributed by atoms with Gasteiger partial charge in [0, 0.05) is 12.7 Å². The first kappa shape index (κ1) is 28.2. The zero-order valence-corrected chi connectivity index (χ0v) is 19.4. The van der Waals surface area contributed by atoms with Gasteiger partial charge in [-0.1, -0.05) is 12.1 Å². The summed E-state index contributed by atoms with van der Waals surface area (Å²) >= 11 is 0. The molecule has 6 N–H and O–H groups in total. The number of carbonyl (C=O) groups is 2. The number of sulfonamides is 1. The van der Waals surface area contributed by atoms with Crippen molar-refractivity contribution in [3.05, 3.63) is 52.9 Å². The Labute approximate surface area is 203 Å². The zero-order chi connectivity index (χ0) is 26.9. The first-order valence-corrected chi connectivity index (χ1v) is 11.7. The number of alkyl halides is 3. The molecule has 12 nitrogen and oxygen atoms in total. The van der Waals surface area contributed by atoms with Crippen molar-refractivity contribution >= 4 is 33.9 Å². The molecular weight excluding hydrogens is 509 g/mol. The molecule has 0 bridgehead atoms. The third-order valence-electron chi connectivity index (χ3n) is 4.42. The number of halogens is 3. The van der Waals surface area contributed by atoms with E-state index < -0.39 is 56.8 Å². The second kappa shape index (κ2) is 12.1. The van der Waals surface area contributed by atoms with Gasteiger partial charge in [-0.05, 0) is 37.1 Å². The number of amides is 1. The normalized spacial score (nSPS) is 12.3. The van der Waals surface area contributed by atoms with Crippen molar-refractivity contribution in [2.45, 2.75) is 36.7 Å². The van der Waals surface area contributed by atoms with Crippen molar-refractivity contribution in [2.75, 3.05) is 11.3 Å². The molecule has 0 saturated heterocycles.